The average Bonchev–Trinajstić information content (AvgIpc) is 2.66. The molecule has 1 rings (SSSR count). The van der Waals surface area contributed by atoms with Gasteiger partial charge in [0.1, 0.15) is 5.94 Å². The molecule has 0 aromatic rings. The van der Waals surface area contributed by atoms with Gasteiger partial charge in [-0.25, -0.2) is 8.42 Å². The molecule has 0 aliphatic heterocycles. The summed E-state index contributed by atoms with van der Waals surface area (Å²) in [6.45, 7) is 10.6. The van der Waals surface area contributed by atoms with E-state index in [1.54, 1.807) is 0 Å². The van der Waals surface area contributed by atoms with Crippen LogP contribution in [0.25, 0.3) is 0 Å². The molecule has 3 nitrogen and oxygen atoms in total. The van der Waals surface area contributed by atoms with Crippen LogP contribution in [0, 0.1) is 0 Å². The van der Waals surface area contributed by atoms with E-state index in [1.807, 2.05) is 0 Å². The largest absolute Gasteiger partial charge is 0.403 e. The maximum Gasteiger partial charge on any atom is 0.193 e. The number of hydrogen-bond acceptors (Lipinski definition) is 3. The summed E-state index contributed by atoms with van der Waals surface area (Å²) in [6, 6.07) is 0. The summed E-state index contributed by atoms with van der Waals surface area (Å²) in [6.07, 6.45) is 3.74. The predicted molar refractivity (Wildman–Crippen MR) is 74.3 cm³/mol. The monoisotopic (exact) mass is 278 g/mol. The molecule has 0 bridgehead atoms. The van der Waals surface area contributed by atoms with Gasteiger partial charge in [0.05, 0.1) is 5.25 Å². The van der Waals surface area contributed by atoms with Crippen molar-refractivity contribution in [1.82, 2.24) is 0 Å². The molecule has 1 aliphatic rings. The van der Waals surface area contributed by atoms with Gasteiger partial charge in [0.25, 0.3) is 0 Å². The van der Waals surface area contributed by atoms with Gasteiger partial charge in [-0.1, -0.05) is 33.6 Å². The molecule has 0 N–H and O–H groups in total. The standard InChI is InChI=1S/C12H26O3SSi/c1-12(2,3)17(4,5)15-10-16(13,14)11-8-6-7-9-11/h11H,6-10H2,1-5H3. The highest BCUT2D eigenvalue weighted by molar-refractivity contribution is 7.91. The molecule has 0 saturated heterocycles. The molecule has 1 saturated carbocycles. The van der Waals surface area contributed by atoms with E-state index in [0.717, 1.165) is 25.7 Å². The lowest BCUT2D eigenvalue weighted by molar-refractivity contribution is 0.340. The Morgan fingerprint density at radius 2 is 1.65 bits per heavy atom. The van der Waals surface area contributed by atoms with Crippen molar-refractivity contribution in [3.05, 3.63) is 0 Å². The second-order valence-corrected chi connectivity index (χ2v) is 13.6. The highest BCUT2D eigenvalue weighted by atomic mass is 32.2. The summed E-state index contributed by atoms with van der Waals surface area (Å²) in [5.41, 5.74) is 0. The average molecular weight is 278 g/mol. The minimum absolute atomic E-state index is 0.0677. The van der Waals surface area contributed by atoms with Gasteiger partial charge in [0.2, 0.25) is 0 Å². The van der Waals surface area contributed by atoms with Crippen molar-refractivity contribution >= 4 is 18.2 Å². The smallest absolute Gasteiger partial charge is 0.193 e. The van der Waals surface area contributed by atoms with E-state index in [2.05, 4.69) is 33.9 Å². The Hall–Kier alpha value is 0.127. The van der Waals surface area contributed by atoms with E-state index < -0.39 is 18.2 Å². The zero-order valence-electron chi connectivity index (χ0n) is 11.7. The molecule has 1 fully saturated rings. The molecule has 0 amide bonds. The molecule has 0 aromatic carbocycles. The van der Waals surface area contributed by atoms with E-state index in [4.69, 9.17) is 4.43 Å². The van der Waals surface area contributed by atoms with Crippen molar-refractivity contribution in [2.45, 2.75) is 69.8 Å². The minimum atomic E-state index is -3.04. The first kappa shape index (κ1) is 15.2. The van der Waals surface area contributed by atoms with Gasteiger partial charge in [0, 0.05) is 0 Å². The van der Waals surface area contributed by atoms with Gasteiger partial charge in [-0.3, -0.25) is 0 Å². The lowest BCUT2D eigenvalue weighted by Gasteiger charge is -2.36. The third kappa shape index (κ3) is 3.79. The second-order valence-electron chi connectivity index (χ2n) is 6.59. The minimum Gasteiger partial charge on any atom is -0.403 e. The fourth-order valence-corrected chi connectivity index (χ4v) is 5.30. The lowest BCUT2D eigenvalue weighted by atomic mass is 10.2. The Labute approximate surface area is 107 Å². The summed E-state index contributed by atoms with van der Waals surface area (Å²) in [5.74, 6) is -0.0752. The van der Waals surface area contributed by atoms with Crippen molar-refractivity contribution in [2.24, 2.45) is 0 Å². The third-order valence-corrected chi connectivity index (χ3v) is 10.8. The van der Waals surface area contributed by atoms with Gasteiger partial charge < -0.3 is 4.43 Å². The molecule has 102 valence electrons. The first-order valence-corrected chi connectivity index (χ1v) is 11.0. The van der Waals surface area contributed by atoms with Crippen molar-refractivity contribution in [3.8, 4) is 0 Å². The molecule has 17 heavy (non-hydrogen) atoms. The Morgan fingerprint density at radius 3 is 2.06 bits per heavy atom. The molecule has 0 atom stereocenters. The van der Waals surface area contributed by atoms with Crippen LogP contribution in [0.1, 0.15) is 46.5 Å². The summed E-state index contributed by atoms with van der Waals surface area (Å²) in [5, 5.41) is -0.0784. The molecular formula is C12H26O3SSi. The van der Waals surface area contributed by atoms with Gasteiger partial charge in [-0.15, -0.1) is 0 Å². The van der Waals surface area contributed by atoms with Crippen LogP contribution >= 0.6 is 0 Å². The van der Waals surface area contributed by atoms with Crippen molar-refractivity contribution in [3.63, 3.8) is 0 Å². The van der Waals surface area contributed by atoms with E-state index in [0.29, 0.717) is 0 Å². The third-order valence-electron chi connectivity index (χ3n) is 4.20. The molecule has 1 aliphatic carbocycles. The van der Waals surface area contributed by atoms with E-state index in [-0.39, 0.29) is 16.2 Å². The number of hydrogen-bond donors (Lipinski definition) is 0. The topological polar surface area (TPSA) is 43.4 Å². The van der Waals surface area contributed by atoms with Crippen LogP contribution in [0.3, 0.4) is 0 Å². The van der Waals surface area contributed by atoms with E-state index in [9.17, 15) is 8.42 Å². The SMILES string of the molecule is CC(C)(C)[Si](C)(C)OCS(=O)(=O)C1CCCC1. The van der Waals surface area contributed by atoms with Crippen LogP contribution in [-0.4, -0.2) is 27.9 Å². The summed E-state index contributed by atoms with van der Waals surface area (Å²) in [4.78, 5) is 0. The lowest BCUT2D eigenvalue weighted by Crippen LogP contribution is -2.42. The zero-order valence-corrected chi connectivity index (χ0v) is 13.6. The maximum absolute atomic E-state index is 12.1. The highest BCUT2D eigenvalue weighted by Gasteiger charge is 2.39. The quantitative estimate of drug-likeness (QED) is 0.741. The predicted octanol–water partition coefficient (Wildman–Crippen LogP) is 3.32. The highest BCUT2D eigenvalue weighted by Crippen LogP contribution is 2.37. The van der Waals surface area contributed by atoms with Crippen molar-refractivity contribution in [1.29, 1.82) is 0 Å². The van der Waals surface area contributed by atoms with Gasteiger partial charge in [-0.2, -0.15) is 0 Å². The first-order chi connectivity index (χ1) is 7.56. The molecule has 0 unspecified atom stereocenters. The molecule has 0 spiro atoms. The van der Waals surface area contributed by atoms with Crippen LogP contribution in [0.15, 0.2) is 0 Å². The first-order valence-electron chi connectivity index (χ1n) is 6.42. The molecular weight excluding hydrogens is 252 g/mol. The fraction of sp³-hybridized carbons (Fsp3) is 1.00. The normalized spacial score (nSPS) is 19.8. The van der Waals surface area contributed by atoms with Crippen LogP contribution in [0.5, 0.6) is 0 Å². The number of sulfone groups is 1. The van der Waals surface area contributed by atoms with Crippen LogP contribution in [0.4, 0.5) is 0 Å². The summed E-state index contributed by atoms with van der Waals surface area (Å²) in [7, 11) is -4.99. The Bertz CT molecular complexity index is 348. The molecule has 0 aromatic heterocycles. The van der Waals surface area contributed by atoms with Crippen molar-refractivity contribution < 1.29 is 12.8 Å². The Kier molecular flexibility index (Phi) is 4.48. The fourth-order valence-electron chi connectivity index (χ4n) is 1.79. The van der Waals surface area contributed by atoms with Crippen molar-refractivity contribution in [2.75, 3.05) is 5.94 Å². The van der Waals surface area contributed by atoms with Gasteiger partial charge >= 0.3 is 0 Å². The van der Waals surface area contributed by atoms with Crippen LogP contribution in [0.2, 0.25) is 18.1 Å². The number of rotatable bonds is 4. The van der Waals surface area contributed by atoms with Crippen LogP contribution in [-0.2, 0) is 14.3 Å². The van der Waals surface area contributed by atoms with Gasteiger partial charge in [-0.05, 0) is 31.0 Å². The Balaban J connectivity index is 2.61. The zero-order chi connectivity index (χ0) is 13.3. The van der Waals surface area contributed by atoms with Gasteiger partial charge in [0.15, 0.2) is 18.2 Å². The molecule has 0 heterocycles. The molecule has 0 radical (unpaired) electrons. The summed E-state index contributed by atoms with van der Waals surface area (Å²) >= 11 is 0. The molecule has 5 heteroatoms. The maximum atomic E-state index is 12.1. The van der Waals surface area contributed by atoms with E-state index >= 15 is 0 Å². The summed E-state index contributed by atoms with van der Waals surface area (Å²) < 4.78 is 30.0. The second kappa shape index (κ2) is 5.01. The van der Waals surface area contributed by atoms with Crippen LogP contribution < -0.4 is 0 Å². The van der Waals surface area contributed by atoms with E-state index in [1.165, 1.54) is 0 Å². The Morgan fingerprint density at radius 1 is 1.18 bits per heavy atom.